The Hall–Kier alpha value is -2.54. The second-order valence-corrected chi connectivity index (χ2v) is 28.5. The van der Waals surface area contributed by atoms with Gasteiger partial charge in [-0.1, -0.05) is 0 Å². The van der Waals surface area contributed by atoms with Crippen LogP contribution in [0.3, 0.4) is 0 Å². The van der Waals surface area contributed by atoms with E-state index in [4.69, 9.17) is 35.0 Å². The van der Waals surface area contributed by atoms with Crippen LogP contribution < -0.4 is 0 Å². The standard InChI is InChI=1S/2C17H28N4OP.2CHF3O3S/c2*1-16(17-8-6-5-7-9-17)22-23-18(2)10-13-21(23,14-11-19(23)3)15-12-20(23)4;2*2-1(3,4)8(5,6)7/h2*5-9H,1,10-15H2,2-4H3;2*(H,5,6,7)/q2*+1;;/p-2. The van der Waals surface area contributed by atoms with Gasteiger partial charge in [0.25, 0.3) is 0 Å². The number of halogens is 6. The van der Waals surface area contributed by atoms with Gasteiger partial charge in [0.15, 0.2) is 20.2 Å². The van der Waals surface area contributed by atoms with Crippen LogP contribution in [-0.2, 0) is 29.3 Å². The van der Waals surface area contributed by atoms with E-state index in [1.165, 1.54) is 39.3 Å². The third kappa shape index (κ3) is 7.20. The zero-order valence-electron chi connectivity index (χ0n) is 35.5. The number of likely N-dealkylation sites (N-methyl/N-ethyl adjacent to an activating group) is 6. The number of quaternary nitrogens is 2. The van der Waals surface area contributed by atoms with Gasteiger partial charge in [-0.3, -0.25) is 0 Å². The van der Waals surface area contributed by atoms with Crippen molar-refractivity contribution in [3.8, 4) is 0 Å². The van der Waals surface area contributed by atoms with E-state index in [1.807, 2.05) is 12.1 Å². The van der Waals surface area contributed by atoms with Crippen molar-refractivity contribution in [2.24, 2.45) is 0 Å². The van der Waals surface area contributed by atoms with Crippen molar-refractivity contribution in [2.45, 2.75) is 11.0 Å². The van der Waals surface area contributed by atoms with Crippen LogP contribution in [0.5, 0.6) is 0 Å². The summed E-state index contributed by atoms with van der Waals surface area (Å²) in [6.45, 7) is 22.3. The van der Waals surface area contributed by atoms with Crippen molar-refractivity contribution in [3.63, 3.8) is 0 Å². The summed E-state index contributed by atoms with van der Waals surface area (Å²) in [5.74, 6) is 1.61. The van der Waals surface area contributed by atoms with Crippen molar-refractivity contribution in [2.75, 3.05) is 121 Å². The summed E-state index contributed by atoms with van der Waals surface area (Å²) in [6.07, 6.45) is 0. The fourth-order valence-corrected chi connectivity index (χ4v) is 25.1. The molecule has 0 amide bonds. The summed E-state index contributed by atoms with van der Waals surface area (Å²) in [6, 6.07) is 20.7. The minimum Gasteiger partial charge on any atom is -0.741 e. The van der Waals surface area contributed by atoms with E-state index in [0.29, 0.717) is 0 Å². The van der Waals surface area contributed by atoms with Crippen molar-refractivity contribution >= 4 is 46.6 Å². The van der Waals surface area contributed by atoms with Crippen molar-refractivity contribution in [1.29, 1.82) is 0 Å². The first-order valence-corrected chi connectivity index (χ1v) is 26.2. The summed E-state index contributed by atoms with van der Waals surface area (Å²) in [5.41, 5.74) is -9.12. The van der Waals surface area contributed by atoms with Crippen LogP contribution >= 0.6 is 14.9 Å². The van der Waals surface area contributed by atoms with Crippen LogP contribution in [0.2, 0.25) is 0 Å². The van der Waals surface area contributed by atoms with Gasteiger partial charge in [-0.05, 0) is 0 Å². The fraction of sp³-hybridized carbons (Fsp3) is 0.556. The average molecular weight is 969 g/mol. The molecule has 0 spiro atoms. The Morgan fingerprint density at radius 3 is 0.887 bits per heavy atom. The van der Waals surface area contributed by atoms with Crippen LogP contribution in [0.4, 0.5) is 26.3 Å². The minimum absolute atomic E-state index is 0.807. The van der Waals surface area contributed by atoms with Gasteiger partial charge in [0.05, 0.1) is 0 Å². The van der Waals surface area contributed by atoms with Crippen LogP contribution in [0, 0.1) is 0 Å². The minimum atomic E-state index is -6.09. The van der Waals surface area contributed by atoms with Gasteiger partial charge < -0.3 is 9.11 Å². The quantitative estimate of drug-likeness (QED) is 0.125. The number of hydrogen-bond donors (Lipinski definition) is 0. The molecule has 0 radical (unpaired) electrons. The second kappa shape index (κ2) is 16.7. The zero-order chi connectivity index (χ0) is 46.6. The molecule has 16 nitrogen and oxygen atoms in total. The number of rotatable bonds is 6. The molecule has 0 unspecified atom stereocenters. The molecule has 8 rings (SSSR count). The summed E-state index contributed by atoms with van der Waals surface area (Å²) in [4.78, 5) is 0. The number of benzene rings is 2. The Morgan fingerprint density at radius 2 is 0.710 bits per heavy atom. The van der Waals surface area contributed by atoms with Crippen molar-refractivity contribution in [1.82, 2.24) is 28.0 Å². The molecule has 0 bridgehead atoms. The normalized spacial score (nSPS) is 29.2. The molecule has 0 atom stereocenters. The molecule has 6 fully saturated rings. The van der Waals surface area contributed by atoms with E-state index in [2.05, 4.69) is 132 Å². The molecular weight excluding hydrogens is 913 g/mol. The predicted octanol–water partition coefficient (Wildman–Crippen LogP) is 5.01. The molecule has 62 heavy (non-hydrogen) atoms. The first-order chi connectivity index (χ1) is 28.4. The van der Waals surface area contributed by atoms with Gasteiger partial charge in [0.1, 0.15) is 0 Å². The van der Waals surface area contributed by atoms with Crippen molar-refractivity contribution in [3.05, 3.63) is 84.9 Å². The third-order valence-electron chi connectivity index (χ3n) is 13.4. The summed E-state index contributed by atoms with van der Waals surface area (Å²) < 4.78 is 149. The van der Waals surface area contributed by atoms with Gasteiger partial charge in [-0.25, -0.2) is 16.8 Å². The Morgan fingerprint density at radius 1 is 0.516 bits per heavy atom. The molecular formula is C36H56F6N8O8P2S2. The van der Waals surface area contributed by atoms with Gasteiger partial charge in [-0.2, -0.15) is 26.3 Å². The van der Waals surface area contributed by atoms with Crippen LogP contribution in [0.25, 0.3) is 11.5 Å². The second-order valence-electron chi connectivity index (χ2n) is 16.1. The molecule has 2 aromatic rings. The zero-order valence-corrected chi connectivity index (χ0v) is 38.9. The SMILES string of the molecule is C=C(OP123N(C)CC[N+]1(CCN2C)CCN3C)c1ccccc1.C=C(OP123N(C)CC[N+]1(CCN2C)CCN3C)c1ccccc1.O=S(=O)([O-])C(F)(F)F.O=S(=O)([O-])C(F)(F)F. The summed E-state index contributed by atoms with van der Waals surface area (Å²) >= 11 is 0. The molecule has 352 valence electrons. The molecule has 0 aromatic heterocycles. The Bertz CT molecular complexity index is 1990. The van der Waals surface area contributed by atoms with Crippen molar-refractivity contribution < 1.29 is 69.8 Å². The Balaban J connectivity index is 0.000000175. The maximum Gasteiger partial charge on any atom is 0.485 e. The first-order valence-electron chi connectivity index (χ1n) is 19.4. The molecule has 26 heteroatoms. The summed E-state index contributed by atoms with van der Waals surface area (Å²) in [7, 11) is -4.40. The van der Waals surface area contributed by atoms with Crippen LogP contribution in [0.15, 0.2) is 73.8 Å². The predicted molar refractivity (Wildman–Crippen MR) is 224 cm³/mol. The van der Waals surface area contributed by atoms with E-state index in [1.54, 1.807) is 0 Å². The molecule has 0 N–H and O–H groups in total. The van der Waals surface area contributed by atoms with E-state index < -0.39 is 46.1 Å². The molecule has 0 aliphatic carbocycles. The van der Waals surface area contributed by atoms with E-state index in [0.717, 1.165) is 70.4 Å². The van der Waals surface area contributed by atoms with Gasteiger partial charge in [0.2, 0.25) is 0 Å². The van der Waals surface area contributed by atoms with E-state index >= 15 is 0 Å². The molecule has 6 aliphatic rings. The number of alkyl halides is 6. The van der Waals surface area contributed by atoms with Gasteiger partial charge in [0, 0.05) is 0 Å². The molecule has 6 heterocycles. The van der Waals surface area contributed by atoms with E-state index in [-0.39, 0.29) is 0 Å². The number of hydrogen-bond acceptors (Lipinski definition) is 14. The average Bonchev–Trinajstić information content (AvgIpc) is 3.92. The van der Waals surface area contributed by atoms with Crippen LogP contribution in [-0.4, -0.2) is 194 Å². The smallest absolute Gasteiger partial charge is 0.485 e. The first kappa shape index (κ1) is 50.5. The molecule has 6 aliphatic heterocycles. The number of nitrogens with zero attached hydrogens (tertiary/aromatic N) is 8. The largest absolute Gasteiger partial charge is 0.741 e. The fourth-order valence-electron chi connectivity index (χ4n) is 10.6. The van der Waals surface area contributed by atoms with Crippen LogP contribution in [0.1, 0.15) is 11.1 Å². The van der Waals surface area contributed by atoms with Gasteiger partial charge in [-0.15, -0.1) is 0 Å². The Labute approximate surface area is 360 Å². The molecule has 6 saturated heterocycles. The third-order valence-corrected chi connectivity index (χ3v) is 28.2. The van der Waals surface area contributed by atoms with E-state index in [9.17, 15) is 26.3 Å². The maximum atomic E-state index is 10.7. The maximum absolute atomic E-state index is 10.7. The molecule has 2 aromatic carbocycles. The Kier molecular flexibility index (Phi) is 13.6. The van der Waals surface area contributed by atoms with Gasteiger partial charge >= 0.3 is 289 Å². The topological polar surface area (TPSA) is 152 Å². The summed E-state index contributed by atoms with van der Waals surface area (Å²) in [5, 5.41) is 0. The molecule has 0 saturated carbocycles. The monoisotopic (exact) mass is 968 g/mol.